The van der Waals surface area contributed by atoms with Gasteiger partial charge in [0.1, 0.15) is 0 Å². The van der Waals surface area contributed by atoms with E-state index >= 15 is 0 Å². The van der Waals surface area contributed by atoms with E-state index in [1.165, 1.54) is 12.8 Å². The number of carbonyl (C=O) groups excluding carboxylic acids is 2. The lowest BCUT2D eigenvalue weighted by atomic mass is 9.84. The van der Waals surface area contributed by atoms with Crippen LogP contribution in [-0.2, 0) is 4.79 Å². The highest BCUT2D eigenvalue weighted by molar-refractivity contribution is 6.51. The summed E-state index contributed by atoms with van der Waals surface area (Å²) in [4.78, 5) is 25.2. The van der Waals surface area contributed by atoms with E-state index < -0.39 is 11.7 Å². The zero-order valence-electron chi connectivity index (χ0n) is 11.3. The molecule has 0 spiro atoms. The van der Waals surface area contributed by atoms with Gasteiger partial charge in [0.25, 0.3) is 11.7 Å². The summed E-state index contributed by atoms with van der Waals surface area (Å²) >= 11 is 0. The minimum atomic E-state index is -0.522. The first kappa shape index (κ1) is 12.2. The standard InChI is InChI=1S/C15H18N2O2/c1-15(2)6-3-7-17(9-15)10-4-5-11-12(8-10)16-14(19)13(11)18/h4-5,8H,3,6-7,9H2,1-2H3,(H,16,18,19). The largest absolute Gasteiger partial charge is 0.371 e. The van der Waals surface area contributed by atoms with Crippen molar-refractivity contribution in [2.45, 2.75) is 26.7 Å². The van der Waals surface area contributed by atoms with Crippen LogP contribution in [0.25, 0.3) is 0 Å². The number of hydrogen-bond donors (Lipinski definition) is 1. The number of Topliss-reactive ketones (excluding diaryl/α,β-unsaturated/α-hetero) is 1. The number of nitrogens with one attached hydrogen (secondary N) is 1. The molecule has 1 amide bonds. The molecule has 1 saturated heterocycles. The van der Waals surface area contributed by atoms with Crippen LogP contribution in [0.1, 0.15) is 37.0 Å². The fourth-order valence-corrected chi connectivity index (χ4v) is 2.98. The molecule has 4 nitrogen and oxygen atoms in total. The van der Waals surface area contributed by atoms with Gasteiger partial charge in [0.2, 0.25) is 0 Å². The van der Waals surface area contributed by atoms with Gasteiger partial charge in [-0.3, -0.25) is 9.59 Å². The molecule has 1 aromatic carbocycles. The Balaban J connectivity index is 1.90. The van der Waals surface area contributed by atoms with Crippen molar-refractivity contribution >= 4 is 23.1 Å². The number of amides is 1. The molecule has 2 aliphatic rings. The summed E-state index contributed by atoms with van der Waals surface area (Å²) < 4.78 is 0. The van der Waals surface area contributed by atoms with Crippen LogP contribution in [0.2, 0.25) is 0 Å². The van der Waals surface area contributed by atoms with E-state index in [-0.39, 0.29) is 0 Å². The lowest BCUT2D eigenvalue weighted by molar-refractivity contribution is -0.112. The summed E-state index contributed by atoms with van der Waals surface area (Å²) in [5, 5.41) is 2.63. The van der Waals surface area contributed by atoms with Crippen molar-refractivity contribution in [3.63, 3.8) is 0 Å². The van der Waals surface area contributed by atoms with E-state index in [0.29, 0.717) is 16.7 Å². The molecular formula is C15H18N2O2. The van der Waals surface area contributed by atoms with E-state index in [2.05, 4.69) is 24.1 Å². The van der Waals surface area contributed by atoms with E-state index in [1.807, 2.05) is 12.1 Å². The molecule has 0 bridgehead atoms. The summed E-state index contributed by atoms with van der Waals surface area (Å²) in [6.45, 7) is 6.59. The quantitative estimate of drug-likeness (QED) is 0.787. The Morgan fingerprint density at radius 1 is 1.26 bits per heavy atom. The van der Waals surface area contributed by atoms with Crippen LogP contribution in [0.5, 0.6) is 0 Å². The predicted octanol–water partition coefficient (Wildman–Crippen LogP) is 2.45. The smallest absolute Gasteiger partial charge is 0.296 e. The number of nitrogens with zero attached hydrogens (tertiary/aromatic N) is 1. The van der Waals surface area contributed by atoms with Crippen LogP contribution in [0.15, 0.2) is 18.2 Å². The van der Waals surface area contributed by atoms with Gasteiger partial charge in [0.05, 0.1) is 11.3 Å². The van der Waals surface area contributed by atoms with Gasteiger partial charge in [-0.25, -0.2) is 0 Å². The van der Waals surface area contributed by atoms with E-state index in [4.69, 9.17) is 0 Å². The van der Waals surface area contributed by atoms with Crippen molar-refractivity contribution in [3.05, 3.63) is 23.8 Å². The minimum absolute atomic E-state index is 0.316. The van der Waals surface area contributed by atoms with Gasteiger partial charge in [-0.15, -0.1) is 0 Å². The summed E-state index contributed by atoms with van der Waals surface area (Å²) in [5.74, 6) is -0.952. The average Bonchev–Trinajstić information content (AvgIpc) is 2.63. The third-order valence-electron chi connectivity index (χ3n) is 3.97. The number of ketones is 1. The SMILES string of the molecule is CC1(C)CCCN(c2ccc3c(c2)NC(=O)C3=O)C1. The van der Waals surface area contributed by atoms with Gasteiger partial charge in [0.15, 0.2) is 0 Å². The fourth-order valence-electron chi connectivity index (χ4n) is 2.98. The summed E-state index contributed by atoms with van der Waals surface area (Å²) in [7, 11) is 0. The Kier molecular flexibility index (Phi) is 2.62. The Morgan fingerprint density at radius 2 is 2.05 bits per heavy atom. The number of benzene rings is 1. The molecule has 0 unspecified atom stereocenters. The second-order valence-corrected chi connectivity index (χ2v) is 6.20. The molecule has 100 valence electrons. The van der Waals surface area contributed by atoms with Crippen molar-refractivity contribution in [2.75, 3.05) is 23.3 Å². The molecule has 0 radical (unpaired) electrons. The molecule has 1 fully saturated rings. The summed E-state index contributed by atoms with van der Waals surface area (Å²) in [6.07, 6.45) is 2.42. The predicted molar refractivity (Wildman–Crippen MR) is 74.6 cm³/mol. The molecule has 3 rings (SSSR count). The van der Waals surface area contributed by atoms with Crippen molar-refractivity contribution in [1.29, 1.82) is 0 Å². The molecule has 4 heteroatoms. The number of fused-ring (bicyclic) bond motifs is 1. The minimum Gasteiger partial charge on any atom is -0.371 e. The zero-order valence-corrected chi connectivity index (χ0v) is 11.3. The third kappa shape index (κ3) is 2.11. The van der Waals surface area contributed by atoms with Gasteiger partial charge in [-0.2, -0.15) is 0 Å². The van der Waals surface area contributed by atoms with Crippen LogP contribution in [0, 0.1) is 5.41 Å². The van der Waals surface area contributed by atoms with E-state index in [1.54, 1.807) is 6.07 Å². The average molecular weight is 258 g/mol. The molecule has 19 heavy (non-hydrogen) atoms. The highest BCUT2D eigenvalue weighted by Gasteiger charge is 2.30. The van der Waals surface area contributed by atoms with E-state index in [9.17, 15) is 9.59 Å². The maximum Gasteiger partial charge on any atom is 0.296 e. The Labute approximate surface area is 112 Å². The van der Waals surface area contributed by atoms with Gasteiger partial charge >= 0.3 is 0 Å². The Bertz CT molecular complexity index is 563. The highest BCUT2D eigenvalue weighted by Crippen LogP contribution is 2.34. The van der Waals surface area contributed by atoms with E-state index in [0.717, 1.165) is 18.8 Å². The third-order valence-corrected chi connectivity index (χ3v) is 3.97. The molecule has 1 aromatic rings. The van der Waals surface area contributed by atoms with Gasteiger partial charge in [0, 0.05) is 18.8 Å². The van der Waals surface area contributed by atoms with Crippen molar-refractivity contribution in [3.8, 4) is 0 Å². The maximum absolute atomic E-state index is 11.6. The van der Waals surface area contributed by atoms with Crippen LogP contribution in [0.3, 0.4) is 0 Å². The van der Waals surface area contributed by atoms with Crippen molar-refractivity contribution in [1.82, 2.24) is 0 Å². The Hall–Kier alpha value is -1.84. The molecule has 0 atom stereocenters. The second-order valence-electron chi connectivity index (χ2n) is 6.20. The van der Waals surface area contributed by atoms with Crippen LogP contribution < -0.4 is 10.2 Å². The first-order valence-corrected chi connectivity index (χ1v) is 6.71. The van der Waals surface area contributed by atoms with Crippen molar-refractivity contribution < 1.29 is 9.59 Å². The number of anilines is 2. The first-order valence-electron chi connectivity index (χ1n) is 6.71. The van der Waals surface area contributed by atoms with Crippen molar-refractivity contribution in [2.24, 2.45) is 5.41 Å². The number of piperidine rings is 1. The molecule has 2 aliphatic heterocycles. The lowest BCUT2D eigenvalue weighted by Gasteiger charge is -2.39. The molecule has 2 heterocycles. The summed E-state index contributed by atoms with van der Waals surface area (Å²) in [5.41, 5.74) is 2.54. The van der Waals surface area contributed by atoms with Crippen LogP contribution in [0.4, 0.5) is 11.4 Å². The van der Waals surface area contributed by atoms with Gasteiger partial charge in [-0.1, -0.05) is 13.8 Å². The molecule has 0 saturated carbocycles. The molecule has 1 N–H and O–H groups in total. The molecular weight excluding hydrogens is 240 g/mol. The zero-order chi connectivity index (χ0) is 13.6. The highest BCUT2D eigenvalue weighted by atomic mass is 16.2. The fraction of sp³-hybridized carbons (Fsp3) is 0.467. The maximum atomic E-state index is 11.6. The van der Waals surface area contributed by atoms with Crippen LogP contribution >= 0.6 is 0 Å². The van der Waals surface area contributed by atoms with Gasteiger partial charge < -0.3 is 10.2 Å². The normalized spacial score (nSPS) is 21.3. The number of hydrogen-bond acceptors (Lipinski definition) is 3. The number of rotatable bonds is 1. The Morgan fingerprint density at radius 3 is 2.79 bits per heavy atom. The topological polar surface area (TPSA) is 49.4 Å². The molecule has 0 aliphatic carbocycles. The first-order chi connectivity index (χ1) is 8.96. The van der Waals surface area contributed by atoms with Crippen LogP contribution in [-0.4, -0.2) is 24.8 Å². The summed E-state index contributed by atoms with van der Waals surface area (Å²) in [6, 6.07) is 5.62. The monoisotopic (exact) mass is 258 g/mol. The second kappa shape index (κ2) is 4.08. The lowest BCUT2D eigenvalue weighted by Crippen LogP contribution is -2.40. The number of carbonyl (C=O) groups is 2. The van der Waals surface area contributed by atoms with Gasteiger partial charge in [-0.05, 0) is 36.5 Å². The molecule has 0 aromatic heterocycles.